The number of carbonyl (C=O) groups is 1. The zero-order chi connectivity index (χ0) is 14.2. The summed E-state index contributed by atoms with van der Waals surface area (Å²) in [5, 5.41) is 6.39. The van der Waals surface area contributed by atoms with Gasteiger partial charge in [-0.2, -0.15) is 0 Å². The van der Waals surface area contributed by atoms with Crippen LogP contribution in [0.3, 0.4) is 0 Å². The van der Waals surface area contributed by atoms with E-state index >= 15 is 0 Å². The molecule has 1 aromatic heterocycles. The lowest BCUT2D eigenvalue weighted by molar-refractivity contribution is 0.0955. The van der Waals surface area contributed by atoms with Crippen LogP contribution in [0.2, 0.25) is 0 Å². The van der Waals surface area contributed by atoms with Crippen LogP contribution in [0.4, 0.5) is 0 Å². The fourth-order valence-corrected chi connectivity index (χ4v) is 4.34. The van der Waals surface area contributed by atoms with Gasteiger partial charge in [0.2, 0.25) is 0 Å². The first kappa shape index (κ1) is 13.0. The number of amides is 1. The largest absolute Gasteiger partial charge is 0.347 e. The zero-order valence-corrected chi connectivity index (χ0v) is 12.7. The van der Waals surface area contributed by atoms with Gasteiger partial charge in [0.15, 0.2) is 0 Å². The second-order valence-electron chi connectivity index (χ2n) is 5.80. The molecule has 21 heavy (non-hydrogen) atoms. The minimum Gasteiger partial charge on any atom is -0.347 e. The molecule has 4 rings (SSSR count). The van der Waals surface area contributed by atoms with Crippen LogP contribution in [-0.2, 0) is 32.5 Å². The quantitative estimate of drug-likeness (QED) is 0.915. The van der Waals surface area contributed by atoms with E-state index in [1.807, 2.05) is 0 Å². The number of hydrogen-bond donors (Lipinski definition) is 2. The molecule has 2 aliphatic rings. The Morgan fingerprint density at radius 1 is 1.14 bits per heavy atom. The van der Waals surface area contributed by atoms with E-state index in [0.717, 1.165) is 30.8 Å². The maximum atomic E-state index is 12.2. The summed E-state index contributed by atoms with van der Waals surface area (Å²) >= 11 is 1.66. The van der Waals surface area contributed by atoms with E-state index in [1.165, 1.54) is 33.6 Å². The van der Waals surface area contributed by atoms with Crippen LogP contribution in [0.25, 0.3) is 0 Å². The molecule has 2 N–H and O–H groups in total. The van der Waals surface area contributed by atoms with Crippen LogP contribution in [0.15, 0.2) is 24.3 Å². The number of aryl methyl sites for hydroxylation is 2. The molecule has 1 aromatic carbocycles. The summed E-state index contributed by atoms with van der Waals surface area (Å²) in [7, 11) is 0. The molecule has 3 nitrogen and oxygen atoms in total. The molecular weight excluding hydrogens is 280 g/mol. The third kappa shape index (κ3) is 2.49. The lowest BCUT2D eigenvalue weighted by Crippen LogP contribution is -2.21. The monoisotopic (exact) mass is 298 g/mol. The van der Waals surface area contributed by atoms with Gasteiger partial charge in [0.1, 0.15) is 0 Å². The first-order chi connectivity index (χ1) is 10.3. The average Bonchev–Trinajstić information content (AvgIpc) is 3.18. The zero-order valence-electron chi connectivity index (χ0n) is 11.9. The molecule has 0 atom stereocenters. The summed E-state index contributed by atoms with van der Waals surface area (Å²) in [5.74, 6) is 0.0630. The molecule has 1 aliphatic carbocycles. The average molecular weight is 298 g/mol. The Bertz CT molecular complexity index is 683. The smallest absolute Gasteiger partial charge is 0.261 e. The second kappa shape index (κ2) is 5.28. The summed E-state index contributed by atoms with van der Waals surface area (Å²) in [4.78, 5) is 14.5. The van der Waals surface area contributed by atoms with Gasteiger partial charge in [0.05, 0.1) is 4.88 Å². The van der Waals surface area contributed by atoms with Gasteiger partial charge in [-0.1, -0.05) is 18.2 Å². The van der Waals surface area contributed by atoms with Gasteiger partial charge >= 0.3 is 0 Å². The van der Waals surface area contributed by atoms with Crippen molar-refractivity contribution in [2.75, 3.05) is 0 Å². The molecule has 0 fully saturated rings. The third-order valence-corrected chi connectivity index (χ3v) is 5.56. The van der Waals surface area contributed by atoms with Crippen molar-refractivity contribution in [3.63, 3.8) is 0 Å². The molecule has 4 heteroatoms. The minimum absolute atomic E-state index is 0.0630. The van der Waals surface area contributed by atoms with Crippen LogP contribution >= 0.6 is 11.3 Å². The van der Waals surface area contributed by atoms with Crippen molar-refractivity contribution < 1.29 is 4.79 Å². The molecule has 0 spiro atoms. The summed E-state index contributed by atoms with van der Waals surface area (Å²) < 4.78 is 0. The summed E-state index contributed by atoms with van der Waals surface area (Å²) in [6.45, 7) is 2.51. The highest BCUT2D eigenvalue weighted by Gasteiger charge is 2.18. The lowest BCUT2D eigenvalue weighted by atomic mass is 10.1. The highest BCUT2D eigenvalue weighted by atomic mass is 32.1. The molecule has 0 saturated heterocycles. The number of fused-ring (bicyclic) bond motifs is 2. The topological polar surface area (TPSA) is 41.1 Å². The normalized spacial score (nSPS) is 15.8. The fourth-order valence-electron chi connectivity index (χ4n) is 3.17. The Kier molecular flexibility index (Phi) is 3.28. The van der Waals surface area contributed by atoms with E-state index in [2.05, 4.69) is 34.9 Å². The molecule has 0 bridgehead atoms. The summed E-state index contributed by atoms with van der Waals surface area (Å²) in [6, 6.07) is 8.55. The predicted molar refractivity (Wildman–Crippen MR) is 84.5 cm³/mol. The molecule has 0 saturated carbocycles. The van der Waals surface area contributed by atoms with Crippen molar-refractivity contribution >= 4 is 17.2 Å². The third-order valence-electron chi connectivity index (χ3n) is 4.33. The van der Waals surface area contributed by atoms with Gasteiger partial charge in [-0.25, -0.2) is 0 Å². The maximum absolute atomic E-state index is 12.2. The SMILES string of the molecule is O=C(NCc1ccc2c(c1)CNC2)c1cc2c(s1)CCC2. The molecular formula is C17H18N2OS. The van der Waals surface area contributed by atoms with Crippen molar-refractivity contribution in [1.82, 2.24) is 10.6 Å². The van der Waals surface area contributed by atoms with Crippen molar-refractivity contribution in [3.05, 3.63) is 56.3 Å². The molecule has 2 aromatic rings. The first-order valence-electron chi connectivity index (χ1n) is 7.51. The number of rotatable bonds is 3. The van der Waals surface area contributed by atoms with E-state index in [1.54, 1.807) is 11.3 Å². The number of hydrogen-bond acceptors (Lipinski definition) is 3. The first-order valence-corrected chi connectivity index (χ1v) is 8.32. The van der Waals surface area contributed by atoms with Crippen LogP contribution in [0.5, 0.6) is 0 Å². The van der Waals surface area contributed by atoms with Crippen molar-refractivity contribution in [2.45, 2.75) is 38.9 Å². The standard InChI is InChI=1S/C17H18N2OS/c20-17(16-7-12-2-1-3-15(12)21-16)19-8-11-4-5-13-9-18-10-14(13)6-11/h4-7,18H,1-3,8-10H2,(H,19,20). The molecule has 0 unspecified atom stereocenters. The van der Waals surface area contributed by atoms with E-state index in [-0.39, 0.29) is 5.91 Å². The Morgan fingerprint density at radius 2 is 2.05 bits per heavy atom. The summed E-state index contributed by atoms with van der Waals surface area (Å²) in [6.07, 6.45) is 3.52. The Hall–Kier alpha value is -1.65. The number of thiophene rings is 1. The lowest BCUT2D eigenvalue weighted by Gasteiger charge is -2.06. The highest BCUT2D eigenvalue weighted by molar-refractivity contribution is 7.14. The second-order valence-corrected chi connectivity index (χ2v) is 6.94. The van der Waals surface area contributed by atoms with Crippen LogP contribution in [0, 0.1) is 0 Å². The van der Waals surface area contributed by atoms with Gasteiger partial charge in [-0.05, 0) is 47.6 Å². The fraction of sp³-hybridized carbons (Fsp3) is 0.353. The van der Waals surface area contributed by atoms with Crippen LogP contribution in [0.1, 0.15) is 43.2 Å². The number of carbonyl (C=O) groups excluding carboxylic acids is 1. The number of nitrogens with one attached hydrogen (secondary N) is 2. The Morgan fingerprint density at radius 3 is 2.95 bits per heavy atom. The highest BCUT2D eigenvalue weighted by Crippen LogP contribution is 2.30. The van der Waals surface area contributed by atoms with Gasteiger partial charge < -0.3 is 10.6 Å². The van der Waals surface area contributed by atoms with Gasteiger partial charge in [-0.3, -0.25) is 4.79 Å². The Balaban J connectivity index is 1.43. The van der Waals surface area contributed by atoms with E-state index in [0.29, 0.717) is 6.54 Å². The predicted octanol–water partition coefficient (Wildman–Crippen LogP) is 2.77. The number of benzene rings is 1. The van der Waals surface area contributed by atoms with Gasteiger partial charge in [0, 0.05) is 24.5 Å². The molecule has 2 heterocycles. The van der Waals surface area contributed by atoms with Gasteiger partial charge in [0.25, 0.3) is 5.91 Å². The minimum atomic E-state index is 0.0630. The Labute approximate surface area is 128 Å². The maximum Gasteiger partial charge on any atom is 0.261 e. The molecule has 0 radical (unpaired) electrons. The van der Waals surface area contributed by atoms with Crippen molar-refractivity contribution in [3.8, 4) is 0 Å². The van der Waals surface area contributed by atoms with Crippen molar-refractivity contribution in [1.29, 1.82) is 0 Å². The molecule has 108 valence electrons. The molecule has 1 aliphatic heterocycles. The van der Waals surface area contributed by atoms with E-state index in [4.69, 9.17) is 0 Å². The molecule has 1 amide bonds. The van der Waals surface area contributed by atoms with E-state index in [9.17, 15) is 4.79 Å². The van der Waals surface area contributed by atoms with Gasteiger partial charge in [-0.15, -0.1) is 11.3 Å². The van der Waals surface area contributed by atoms with Crippen LogP contribution in [-0.4, -0.2) is 5.91 Å². The summed E-state index contributed by atoms with van der Waals surface area (Å²) in [5.41, 5.74) is 5.29. The van der Waals surface area contributed by atoms with E-state index < -0.39 is 0 Å². The van der Waals surface area contributed by atoms with Crippen LogP contribution < -0.4 is 10.6 Å². The van der Waals surface area contributed by atoms with Crippen molar-refractivity contribution in [2.24, 2.45) is 0 Å².